The summed E-state index contributed by atoms with van der Waals surface area (Å²) in [5.41, 5.74) is 2.50. The number of benzene rings is 2. The van der Waals surface area contributed by atoms with Crippen molar-refractivity contribution >= 4 is 33.4 Å². The maximum absolute atomic E-state index is 11.4. The zero-order valence-corrected chi connectivity index (χ0v) is 16.7. The van der Waals surface area contributed by atoms with E-state index in [-0.39, 0.29) is 5.69 Å². The molecule has 0 saturated heterocycles. The number of hydrogen-bond acceptors (Lipinski definition) is 4. The first-order valence-corrected chi connectivity index (χ1v) is 9.22. The lowest BCUT2D eigenvalue weighted by Crippen LogP contribution is -2.07. The molecule has 0 aliphatic heterocycles. The van der Waals surface area contributed by atoms with Gasteiger partial charge in [0.25, 0.3) is 0 Å². The molecule has 6 nitrogen and oxygen atoms in total. The summed E-state index contributed by atoms with van der Waals surface area (Å²) in [6, 6.07) is 14.7. The Bertz CT molecular complexity index is 1000. The predicted molar refractivity (Wildman–Crippen MR) is 106 cm³/mol. The van der Waals surface area contributed by atoms with Gasteiger partial charge in [0.2, 0.25) is 0 Å². The van der Waals surface area contributed by atoms with E-state index in [4.69, 9.17) is 16.3 Å². The molecule has 1 aromatic heterocycles. The molecule has 0 fully saturated rings. The fourth-order valence-electron chi connectivity index (χ4n) is 2.57. The summed E-state index contributed by atoms with van der Waals surface area (Å²) >= 11 is 9.64. The van der Waals surface area contributed by atoms with Crippen molar-refractivity contribution in [1.29, 1.82) is 0 Å². The van der Waals surface area contributed by atoms with E-state index in [1.165, 1.54) is 6.07 Å². The van der Waals surface area contributed by atoms with Crippen LogP contribution in [0.15, 0.2) is 58.2 Å². The molecule has 0 unspecified atom stereocenters. The van der Waals surface area contributed by atoms with Gasteiger partial charge < -0.3 is 4.74 Å². The number of aryl methyl sites for hydroxylation is 1. The first-order valence-electron chi connectivity index (χ1n) is 8.04. The number of amides is 1. The molecule has 27 heavy (non-hydrogen) atoms. The molecule has 3 aromatic rings. The van der Waals surface area contributed by atoms with E-state index in [2.05, 4.69) is 26.2 Å². The van der Waals surface area contributed by atoms with Crippen molar-refractivity contribution in [3.63, 3.8) is 0 Å². The topological polar surface area (TPSA) is 73.5 Å². The summed E-state index contributed by atoms with van der Waals surface area (Å²) in [6.07, 6.45) is 0. The Hall–Kier alpha value is -2.51. The molecule has 1 heterocycles. The Kier molecular flexibility index (Phi) is 6.03. The average molecular weight is 449 g/mol. The van der Waals surface area contributed by atoms with Crippen LogP contribution in [0.1, 0.15) is 27.3 Å². The summed E-state index contributed by atoms with van der Waals surface area (Å²) in [7, 11) is 0. The van der Waals surface area contributed by atoms with Crippen molar-refractivity contribution in [2.75, 3.05) is 0 Å². The molecule has 0 atom stereocenters. The quantitative estimate of drug-likeness (QED) is 0.489. The first kappa shape index (κ1) is 19.3. The Morgan fingerprint density at radius 3 is 2.74 bits per heavy atom. The molecular weight excluding hydrogens is 434 g/mol. The average Bonchev–Trinajstić information content (AvgIpc) is 3.02. The van der Waals surface area contributed by atoms with Gasteiger partial charge in [-0.25, -0.2) is 0 Å². The second kappa shape index (κ2) is 8.45. The van der Waals surface area contributed by atoms with Crippen molar-refractivity contribution in [2.24, 2.45) is 5.18 Å². The monoisotopic (exact) mass is 447 g/mol. The third-order valence-corrected chi connectivity index (χ3v) is 4.83. The first-order chi connectivity index (χ1) is 13.0. The van der Waals surface area contributed by atoms with E-state index in [1.807, 2.05) is 42.5 Å². The van der Waals surface area contributed by atoms with E-state index in [1.54, 1.807) is 11.6 Å². The van der Waals surface area contributed by atoms with Crippen LogP contribution in [-0.2, 0) is 13.2 Å². The fraction of sp³-hybridized carbons (Fsp3) is 0.158. The van der Waals surface area contributed by atoms with Gasteiger partial charge in [0.1, 0.15) is 12.4 Å². The molecule has 0 radical (unpaired) electrons. The molecule has 0 spiro atoms. The fourth-order valence-corrected chi connectivity index (χ4v) is 3.16. The Morgan fingerprint density at radius 1 is 1.22 bits per heavy atom. The Balaban J connectivity index is 1.84. The SMILES string of the molecule is Cc1cc(C(=O)N=O)nn1Cc1cc(Br)ccc1OCc1ccccc1Cl. The van der Waals surface area contributed by atoms with E-state index < -0.39 is 5.91 Å². The number of halogens is 2. The summed E-state index contributed by atoms with van der Waals surface area (Å²) in [6.45, 7) is 2.50. The highest BCUT2D eigenvalue weighted by atomic mass is 79.9. The van der Waals surface area contributed by atoms with Crippen LogP contribution in [0.2, 0.25) is 5.02 Å². The number of hydrogen-bond donors (Lipinski definition) is 0. The van der Waals surface area contributed by atoms with Gasteiger partial charge in [-0.3, -0.25) is 9.48 Å². The minimum atomic E-state index is -0.888. The minimum Gasteiger partial charge on any atom is -0.488 e. The number of aromatic nitrogens is 2. The van der Waals surface area contributed by atoms with Gasteiger partial charge >= 0.3 is 5.91 Å². The van der Waals surface area contributed by atoms with E-state index >= 15 is 0 Å². The molecule has 0 aliphatic carbocycles. The maximum Gasteiger partial charge on any atom is 0.336 e. The van der Waals surface area contributed by atoms with Gasteiger partial charge in [-0.2, -0.15) is 5.10 Å². The predicted octanol–water partition coefficient (Wildman–Crippen LogP) is 5.14. The van der Waals surface area contributed by atoms with E-state index in [0.29, 0.717) is 23.9 Å². The van der Waals surface area contributed by atoms with Gasteiger partial charge in [0.05, 0.1) is 6.54 Å². The molecule has 138 valence electrons. The second-order valence-electron chi connectivity index (χ2n) is 5.86. The number of nitrogens with zero attached hydrogens (tertiary/aromatic N) is 3. The number of carbonyl (C=O) groups excluding carboxylic acids is 1. The van der Waals surface area contributed by atoms with Gasteiger partial charge in [0, 0.05) is 31.5 Å². The summed E-state index contributed by atoms with van der Waals surface area (Å²) in [5.74, 6) is -0.212. The molecule has 0 aliphatic rings. The van der Waals surface area contributed by atoms with Crippen molar-refractivity contribution in [3.8, 4) is 5.75 Å². The number of rotatable bonds is 6. The maximum atomic E-state index is 11.4. The molecule has 0 saturated carbocycles. The van der Waals surface area contributed by atoms with Crippen LogP contribution in [0.3, 0.4) is 0 Å². The van der Waals surface area contributed by atoms with Crippen LogP contribution < -0.4 is 4.74 Å². The molecule has 0 bridgehead atoms. The zero-order chi connectivity index (χ0) is 19.4. The lowest BCUT2D eigenvalue weighted by Gasteiger charge is -2.14. The largest absolute Gasteiger partial charge is 0.488 e. The van der Waals surface area contributed by atoms with Crippen molar-refractivity contribution in [2.45, 2.75) is 20.1 Å². The highest BCUT2D eigenvalue weighted by Crippen LogP contribution is 2.26. The molecule has 2 aromatic carbocycles. The highest BCUT2D eigenvalue weighted by molar-refractivity contribution is 9.10. The third kappa shape index (κ3) is 4.61. The van der Waals surface area contributed by atoms with Crippen molar-refractivity contribution in [1.82, 2.24) is 9.78 Å². The van der Waals surface area contributed by atoms with Crippen LogP contribution in [0, 0.1) is 11.8 Å². The highest BCUT2D eigenvalue weighted by Gasteiger charge is 2.14. The summed E-state index contributed by atoms with van der Waals surface area (Å²) < 4.78 is 8.48. The third-order valence-electron chi connectivity index (χ3n) is 3.97. The van der Waals surface area contributed by atoms with Crippen LogP contribution in [0.25, 0.3) is 0 Å². The second-order valence-corrected chi connectivity index (χ2v) is 7.18. The Morgan fingerprint density at radius 2 is 2.00 bits per heavy atom. The lowest BCUT2D eigenvalue weighted by molar-refractivity contribution is 0.0995. The minimum absolute atomic E-state index is 0.0241. The molecular formula is C19H15BrClN3O3. The normalized spacial score (nSPS) is 10.6. The lowest BCUT2D eigenvalue weighted by atomic mass is 10.2. The number of nitroso groups, excluding NO2 is 1. The smallest absolute Gasteiger partial charge is 0.336 e. The van der Waals surface area contributed by atoms with Crippen LogP contribution in [0.5, 0.6) is 5.75 Å². The Labute approximate surface area is 169 Å². The molecule has 0 N–H and O–H groups in total. The molecule has 8 heteroatoms. The standard InChI is InChI=1S/C19H15BrClN3O3/c1-12-8-17(19(25)23-26)22-24(12)10-14-9-15(20)6-7-18(14)27-11-13-4-2-3-5-16(13)21/h2-9H,10-11H2,1H3. The summed E-state index contributed by atoms with van der Waals surface area (Å²) in [4.78, 5) is 21.9. The van der Waals surface area contributed by atoms with Crippen molar-refractivity contribution in [3.05, 3.63) is 85.4 Å². The number of ether oxygens (including phenoxy) is 1. The van der Waals surface area contributed by atoms with E-state index in [9.17, 15) is 9.70 Å². The molecule has 3 rings (SSSR count). The van der Waals surface area contributed by atoms with Crippen molar-refractivity contribution < 1.29 is 9.53 Å². The number of carbonyl (C=O) groups is 1. The van der Waals surface area contributed by atoms with Crippen LogP contribution >= 0.6 is 27.5 Å². The van der Waals surface area contributed by atoms with Crippen LogP contribution in [0.4, 0.5) is 0 Å². The van der Waals surface area contributed by atoms with Crippen LogP contribution in [-0.4, -0.2) is 15.7 Å². The molecule has 1 amide bonds. The van der Waals surface area contributed by atoms with Gasteiger partial charge in [-0.05, 0) is 37.3 Å². The van der Waals surface area contributed by atoms with Gasteiger partial charge in [0.15, 0.2) is 5.69 Å². The van der Waals surface area contributed by atoms with Gasteiger partial charge in [-0.15, -0.1) is 4.91 Å². The zero-order valence-electron chi connectivity index (χ0n) is 14.4. The van der Waals surface area contributed by atoms with Gasteiger partial charge in [-0.1, -0.05) is 45.7 Å². The summed E-state index contributed by atoms with van der Waals surface area (Å²) in [5, 5.41) is 7.22. The van der Waals surface area contributed by atoms with E-state index in [0.717, 1.165) is 21.3 Å².